The Labute approximate surface area is 182 Å². The monoisotopic (exact) mass is 441 g/mol. The van der Waals surface area contributed by atoms with Crippen molar-refractivity contribution in [3.05, 3.63) is 59.0 Å². The van der Waals surface area contributed by atoms with Crippen LogP contribution in [0.5, 0.6) is 5.75 Å². The Hall–Kier alpha value is -3.04. The van der Waals surface area contributed by atoms with E-state index in [0.717, 1.165) is 34.0 Å². The Kier molecular flexibility index (Phi) is 5.91. The van der Waals surface area contributed by atoms with Crippen molar-refractivity contribution in [3.63, 3.8) is 0 Å². The summed E-state index contributed by atoms with van der Waals surface area (Å²) in [6.45, 7) is 0.347. The second-order valence-corrected chi connectivity index (χ2v) is 8.28. The van der Waals surface area contributed by atoms with Gasteiger partial charge in [0, 0.05) is 35.8 Å². The summed E-state index contributed by atoms with van der Waals surface area (Å²) in [6, 6.07) is 9.32. The van der Waals surface area contributed by atoms with Crippen molar-refractivity contribution in [3.8, 4) is 5.75 Å². The third kappa shape index (κ3) is 4.27. The average molecular weight is 442 g/mol. The summed E-state index contributed by atoms with van der Waals surface area (Å²) in [7, 11) is 1.63. The molecule has 0 radical (unpaired) electrons. The smallest absolute Gasteiger partial charge is 0.266 e. The van der Waals surface area contributed by atoms with Gasteiger partial charge in [0.1, 0.15) is 22.4 Å². The van der Waals surface area contributed by atoms with E-state index in [0.29, 0.717) is 28.0 Å². The summed E-state index contributed by atoms with van der Waals surface area (Å²) in [5.41, 5.74) is 2.08. The molecule has 3 aromatic rings. The Bertz CT molecular complexity index is 1130. The average Bonchev–Trinajstić information content (AvgIpc) is 3.45. The number of carbonyl (C=O) groups excluding carboxylic acids is 2. The number of aromatic nitrogens is 1. The predicted octanol–water partition coefficient (Wildman–Crippen LogP) is 3.33. The molecule has 154 valence electrons. The van der Waals surface area contributed by atoms with Crippen LogP contribution in [-0.2, 0) is 16.0 Å². The minimum atomic E-state index is -0.290. The molecular weight excluding hydrogens is 422 g/mol. The van der Waals surface area contributed by atoms with Gasteiger partial charge in [0.15, 0.2) is 0 Å². The molecule has 3 heterocycles. The second-order valence-electron chi connectivity index (χ2n) is 6.61. The molecule has 0 bridgehead atoms. The maximum absolute atomic E-state index is 12.6. The van der Waals surface area contributed by atoms with Crippen molar-refractivity contribution in [2.45, 2.75) is 6.42 Å². The van der Waals surface area contributed by atoms with Crippen LogP contribution in [0.25, 0.3) is 17.0 Å². The normalized spacial score (nSPS) is 15.4. The number of carbonyl (C=O) groups is 2. The van der Waals surface area contributed by atoms with Crippen LogP contribution < -0.4 is 10.1 Å². The lowest BCUT2D eigenvalue weighted by atomic mass is 10.1. The van der Waals surface area contributed by atoms with Crippen LogP contribution in [-0.4, -0.2) is 46.2 Å². The molecule has 1 aromatic carbocycles. The fourth-order valence-electron chi connectivity index (χ4n) is 3.17. The van der Waals surface area contributed by atoms with Gasteiger partial charge < -0.3 is 19.5 Å². The van der Waals surface area contributed by atoms with Crippen molar-refractivity contribution < 1.29 is 18.7 Å². The number of benzene rings is 1. The number of nitrogens with one attached hydrogen (secondary N) is 2. The number of methoxy groups -OCH3 is 1. The molecule has 1 saturated heterocycles. The van der Waals surface area contributed by atoms with Crippen LogP contribution in [0.3, 0.4) is 0 Å². The van der Waals surface area contributed by atoms with Gasteiger partial charge in [-0.05, 0) is 36.2 Å². The molecule has 9 heteroatoms. The highest BCUT2D eigenvalue weighted by molar-refractivity contribution is 8.26. The van der Waals surface area contributed by atoms with Crippen molar-refractivity contribution >= 4 is 57.1 Å². The van der Waals surface area contributed by atoms with Crippen molar-refractivity contribution in [2.24, 2.45) is 0 Å². The maximum Gasteiger partial charge on any atom is 0.266 e. The molecule has 1 fully saturated rings. The number of ether oxygens (including phenoxy) is 1. The molecule has 30 heavy (non-hydrogen) atoms. The topological polar surface area (TPSA) is 87.6 Å². The van der Waals surface area contributed by atoms with E-state index in [1.165, 1.54) is 11.2 Å². The van der Waals surface area contributed by atoms with Gasteiger partial charge in [0.2, 0.25) is 5.91 Å². The van der Waals surface area contributed by atoms with Crippen LogP contribution in [0, 0.1) is 0 Å². The van der Waals surface area contributed by atoms with Gasteiger partial charge in [-0.2, -0.15) is 0 Å². The Balaban J connectivity index is 1.32. The summed E-state index contributed by atoms with van der Waals surface area (Å²) in [6.07, 6.45) is 5.75. The zero-order chi connectivity index (χ0) is 21.1. The molecule has 0 atom stereocenters. The van der Waals surface area contributed by atoms with E-state index in [1.54, 1.807) is 25.3 Å². The van der Waals surface area contributed by atoms with Gasteiger partial charge in [-0.1, -0.05) is 24.0 Å². The summed E-state index contributed by atoms with van der Waals surface area (Å²) in [5.74, 6) is 0.805. The number of furan rings is 1. The number of fused-ring (bicyclic) bond motifs is 1. The highest BCUT2D eigenvalue weighted by Crippen LogP contribution is 2.32. The third-order valence-corrected chi connectivity index (χ3v) is 6.06. The summed E-state index contributed by atoms with van der Waals surface area (Å²) in [4.78, 5) is 29.9. The van der Waals surface area contributed by atoms with Gasteiger partial charge >= 0.3 is 0 Å². The van der Waals surface area contributed by atoms with E-state index in [9.17, 15) is 9.59 Å². The Morgan fingerprint density at radius 3 is 3.03 bits per heavy atom. The van der Waals surface area contributed by atoms with Gasteiger partial charge in [-0.15, -0.1) is 0 Å². The zero-order valence-corrected chi connectivity index (χ0v) is 17.8. The molecule has 0 aliphatic carbocycles. The molecule has 0 spiro atoms. The predicted molar refractivity (Wildman–Crippen MR) is 120 cm³/mol. The number of thioether (sulfide) groups is 1. The molecule has 0 unspecified atom stereocenters. The quantitative estimate of drug-likeness (QED) is 0.432. The lowest BCUT2D eigenvalue weighted by Gasteiger charge is -2.14. The maximum atomic E-state index is 12.6. The number of thiocarbonyl (C=S) groups is 1. The first kappa shape index (κ1) is 20.2. The molecule has 2 aromatic heterocycles. The summed E-state index contributed by atoms with van der Waals surface area (Å²) < 4.78 is 10.8. The van der Waals surface area contributed by atoms with Gasteiger partial charge in [-0.3, -0.25) is 14.5 Å². The standard InChI is InChI=1S/C21H19N3O4S2/c1-27-14-4-5-16-13(11-23-17(16)9-14)6-7-22-19(25)12-24-20(26)18(30-21(24)29)10-15-3-2-8-28-15/h2-5,8-11,23H,6-7,12H2,1H3,(H,22,25)/b18-10-. The number of amides is 2. The fraction of sp³-hybridized carbons (Fsp3) is 0.190. The van der Waals surface area contributed by atoms with Crippen LogP contribution >= 0.6 is 24.0 Å². The molecule has 4 rings (SSSR count). The minimum Gasteiger partial charge on any atom is -0.497 e. The molecule has 1 aliphatic rings. The highest BCUT2D eigenvalue weighted by atomic mass is 32.2. The van der Waals surface area contributed by atoms with Crippen LogP contribution in [0.1, 0.15) is 11.3 Å². The number of rotatable bonds is 7. The van der Waals surface area contributed by atoms with Gasteiger partial charge in [-0.25, -0.2) is 0 Å². The first-order valence-corrected chi connectivity index (χ1v) is 10.5. The van der Waals surface area contributed by atoms with Crippen molar-refractivity contribution in [1.82, 2.24) is 15.2 Å². The highest BCUT2D eigenvalue weighted by Gasteiger charge is 2.33. The van der Waals surface area contributed by atoms with E-state index in [4.69, 9.17) is 21.4 Å². The lowest BCUT2D eigenvalue weighted by molar-refractivity contribution is -0.128. The fourth-order valence-corrected chi connectivity index (χ4v) is 4.41. The summed E-state index contributed by atoms with van der Waals surface area (Å²) in [5, 5.41) is 3.95. The number of H-pyrrole nitrogens is 1. The van der Waals surface area contributed by atoms with E-state index in [1.807, 2.05) is 24.4 Å². The lowest BCUT2D eigenvalue weighted by Crippen LogP contribution is -2.40. The first-order chi connectivity index (χ1) is 14.5. The number of hydrogen-bond donors (Lipinski definition) is 2. The first-order valence-electron chi connectivity index (χ1n) is 9.24. The Morgan fingerprint density at radius 2 is 2.27 bits per heavy atom. The van der Waals surface area contributed by atoms with E-state index in [-0.39, 0.29) is 18.4 Å². The molecule has 0 saturated carbocycles. The molecule has 1 aliphatic heterocycles. The zero-order valence-electron chi connectivity index (χ0n) is 16.1. The largest absolute Gasteiger partial charge is 0.497 e. The van der Waals surface area contributed by atoms with E-state index >= 15 is 0 Å². The molecule has 7 nitrogen and oxygen atoms in total. The van der Waals surface area contributed by atoms with Gasteiger partial charge in [0.05, 0.1) is 18.3 Å². The third-order valence-electron chi connectivity index (χ3n) is 4.68. The van der Waals surface area contributed by atoms with Crippen molar-refractivity contribution in [1.29, 1.82) is 0 Å². The molecule has 2 amide bonds. The SMILES string of the molecule is COc1ccc2c(CCNC(=O)CN3C(=O)/C(=C/c4ccco4)SC3=S)c[nH]c2c1. The minimum absolute atomic E-state index is 0.106. The van der Waals surface area contributed by atoms with E-state index in [2.05, 4.69) is 10.3 Å². The Morgan fingerprint density at radius 1 is 1.40 bits per heavy atom. The van der Waals surface area contributed by atoms with Crippen LogP contribution in [0.4, 0.5) is 0 Å². The van der Waals surface area contributed by atoms with Crippen LogP contribution in [0.15, 0.2) is 52.1 Å². The second kappa shape index (κ2) is 8.76. The van der Waals surface area contributed by atoms with Crippen LogP contribution in [0.2, 0.25) is 0 Å². The number of hydrogen-bond acceptors (Lipinski definition) is 6. The van der Waals surface area contributed by atoms with Gasteiger partial charge in [0.25, 0.3) is 5.91 Å². The molecule has 2 N–H and O–H groups in total. The summed E-state index contributed by atoms with van der Waals surface area (Å²) >= 11 is 6.42. The molecular formula is C21H19N3O4S2. The van der Waals surface area contributed by atoms with E-state index < -0.39 is 0 Å². The number of nitrogens with zero attached hydrogens (tertiary/aromatic N) is 1. The number of aromatic amines is 1. The van der Waals surface area contributed by atoms with Crippen molar-refractivity contribution in [2.75, 3.05) is 20.2 Å².